The second-order valence-corrected chi connectivity index (χ2v) is 4.58. The SMILES string of the molecule is O=C(Cc1ccc([N+](=O)[O-])cc1)NNC(=O)c1ccccc1F. The number of carbonyl (C=O) groups is 2. The quantitative estimate of drug-likeness (QED) is 0.662. The maximum atomic E-state index is 13.4. The Morgan fingerprint density at radius 3 is 2.30 bits per heavy atom. The van der Waals surface area contributed by atoms with Crippen molar-refractivity contribution in [3.63, 3.8) is 0 Å². The van der Waals surface area contributed by atoms with Gasteiger partial charge in [0.25, 0.3) is 11.6 Å². The molecule has 118 valence electrons. The van der Waals surface area contributed by atoms with Gasteiger partial charge in [-0.2, -0.15) is 0 Å². The van der Waals surface area contributed by atoms with Crippen molar-refractivity contribution in [2.75, 3.05) is 0 Å². The van der Waals surface area contributed by atoms with Gasteiger partial charge >= 0.3 is 0 Å². The molecule has 0 saturated carbocycles. The van der Waals surface area contributed by atoms with Crippen LogP contribution < -0.4 is 10.9 Å². The first-order valence-electron chi connectivity index (χ1n) is 6.54. The van der Waals surface area contributed by atoms with Crippen molar-refractivity contribution in [2.24, 2.45) is 0 Å². The average Bonchev–Trinajstić information content (AvgIpc) is 2.53. The summed E-state index contributed by atoms with van der Waals surface area (Å²) in [4.78, 5) is 33.4. The Balaban J connectivity index is 1.89. The molecular formula is C15H12FN3O4. The Morgan fingerprint density at radius 2 is 1.70 bits per heavy atom. The Hall–Kier alpha value is -3.29. The van der Waals surface area contributed by atoms with E-state index >= 15 is 0 Å². The van der Waals surface area contributed by atoms with Gasteiger partial charge in [0.15, 0.2) is 0 Å². The molecule has 0 radical (unpaired) electrons. The van der Waals surface area contributed by atoms with E-state index < -0.39 is 22.6 Å². The molecular weight excluding hydrogens is 305 g/mol. The molecule has 0 aliphatic heterocycles. The van der Waals surface area contributed by atoms with E-state index in [1.54, 1.807) is 0 Å². The van der Waals surface area contributed by atoms with Crippen molar-refractivity contribution in [2.45, 2.75) is 6.42 Å². The molecule has 2 rings (SSSR count). The third-order valence-electron chi connectivity index (χ3n) is 2.95. The van der Waals surface area contributed by atoms with Crippen LogP contribution in [0.3, 0.4) is 0 Å². The molecule has 0 saturated heterocycles. The number of rotatable bonds is 4. The van der Waals surface area contributed by atoms with Crippen molar-refractivity contribution >= 4 is 17.5 Å². The highest BCUT2D eigenvalue weighted by atomic mass is 19.1. The minimum absolute atomic E-state index is 0.0815. The summed E-state index contributed by atoms with van der Waals surface area (Å²) in [5.74, 6) is -2.02. The number of hydrazine groups is 1. The van der Waals surface area contributed by atoms with E-state index in [0.29, 0.717) is 5.56 Å². The highest BCUT2D eigenvalue weighted by molar-refractivity contribution is 5.95. The largest absolute Gasteiger partial charge is 0.273 e. The summed E-state index contributed by atoms with van der Waals surface area (Å²) in [6.45, 7) is 0. The predicted molar refractivity (Wildman–Crippen MR) is 78.8 cm³/mol. The van der Waals surface area contributed by atoms with E-state index in [0.717, 1.165) is 6.07 Å². The molecule has 0 unspecified atom stereocenters. The summed E-state index contributed by atoms with van der Waals surface area (Å²) in [6, 6.07) is 10.8. The molecule has 2 N–H and O–H groups in total. The molecule has 0 spiro atoms. The number of nitro benzene ring substituents is 1. The van der Waals surface area contributed by atoms with E-state index in [-0.39, 0.29) is 17.7 Å². The summed E-state index contributed by atoms with van der Waals surface area (Å²) in [6.07, 6.45) is -0.0878. The number of amides is 2. The van der Waals surface area contributed by atoms with E-state index in [4.69, 9.17) is 0 Å². The number of halogens is 1. The van der Waals surface area contributed by atoms with Crippen LogP contribution in [-0.4, -0.2) is 16.7 Å². The minimum Gasteiger partial charge on any atom is -0.273 e. The van der Waals surface area contributed by atoms with Crippen LogP contribution in [0.25, 0.3) is 0 Å². The molecule has 2 aromatic rings. The van der Waals surface area contributed by atoms with Crippen LogP contribution in [0.4, 0.5) is 10.1 Å². The van der Waals surface area contributed by atoms with Crippen LogP contribution in [0.1, 0.15) is 15.9 Å². The fourth-order valence-corrected chi connectivity index (χ4v) is 1.80. The minimum atomic E-state index is -0.778. The third kappa shape index (κ3) is 4.34. The van der Waals surface area contributed by atoms with Crippen molar-refractivity contribution < 1.29 is 18.9 Å². The molecule has 2 amide bonds. The summed E-state index contributed by atoms with van der Waals surface area (Å²) in [5.41, 5.74) is 4.52. The van der Waals surface area contributed by atoms with Crippen LogP contribution in [-0.2, 0) is 11.2 Å². The summed E-state index contributed by atoms with van der Waals surface area (Å²) in [5, 5.41) is 10.5. The zero-order valence-electron chi connectivity index (χ0n) is 11.8. The van der Waals surface area contributed by atoms with Gasteiger partial charge in [0.1, 0.15) is 5.82 Å². The highest BCUT2D eigenvalue weighted by Gasteiger charge is 2.12. The van der Waals surface area contributed by atoms with Crippen LogP contribution in [0, 0.1) is 15.9 Å². The molecule has 0 aromatic heterocycles. The van der Waals surface area contributed by atoms with Gasteiger partial charge in [-0.15, -0.1) is 0 Å². The molecule has 2 aromatic carbocycles. The molecule has 0 aliphatic rings. The van der Waals surface area contributed by atoms with E-state index in [1.165, 1.54) is 42.5 Å². The van der Waals surface area contributed by atoms with Gasteiger partial charge in [-0.25, -0.2) is 4.39 Å². The number of nitrogens with one attached hydrogen (secondary N) is 2. The Bertz CT molecular complexity index is 747. The van der Waals surface area contributed by atoms with Gasteiger partial charge in [0, 0.05) is 12.1 Å². The van der Waals surface area contributed by atoms with Gasteiger partial charge < -0.3 is 0 Å². The molecule has 8 heteroatoms. The van der Waals surface area contributed by atoms with Crippen LogP contribution in [0.2, 0.25) is 0 Å². The molecule has 23 heavy (non-hydrogen) atoms. The summed E-state index contributed by atoms with van der Waals surface area (Å²) < 4.78 is 13.4. The smallest absolute Gasteiger partial charge is 0.272 e. The lowest BCUT2D eigenvalue weighted by molar-refractivity contribution is -0.384. The fraction of sp³-hybridized carbons (Fsp3) is 0.0667. The van der Waals surface area contributed by atoms with Crippen molar-refractivity contribution in [3.8, 4) is 0 Å². The van der Waals surface area contributed by atoms with Crippen LogP contribution in [0.5, 0.6) is 0 Å². The van der Waals surface area contributed by atoms with Crippen molar-refractivity contribution in [1.29, 1.82) is 0 Å². The Labute approximate surface area is 130 Å². The highest BCUT2D eigenvalue weighted by Crippen LogP contribution is 2.12. The van der Waals surface area contributed by atoms with Gasteiger partial charge in [0.05, 0.1) is 16.9 Å². The Morgan fingerprint density at radius 1 is 1.04 bits per heavy atom. The van der Waals surface area contributed by atoms with E-state index in [1.807, 2.05) is 0 Å². The van der Waals surface area contributed by atoms with Gasteiger partial charge in [-0.05, 0) is 17.7 Å². The number of hydrogen-bond acceptors (Lipinski definition) is 4. The second kappa shape index (κ2) is 7.12. The number of hydrogen-bond donors (Lipinski definition) is 2. The van der Waals surface area contributed by atoms with Crippen molar-refractivity contribution in [3.05, 3.63) is 75.6 Å². The molecule has 7 nitrogen and oxygen atoms in total. The van der Waals surface area contributed by atoms with Crippen molar-refractivity contribution in [1.82, 2.24) is 10.9 Å². The van der Waals surface area contributed by atoms with E-state index in [2.05, 4.69) is 10.9 Å². The lowest BCUT2D eigenvalue weighted by Crippen LogP contribution is -2.42. The lowest BCUT2D eigenvalue weighted by atomic mass is 10.1. The zero-order chi connectivity index (χ0) is 16.8. The zero-order valence-corrected chi connectivity index (χ0v) is 11.8. The second-order valence-electron chi connectivity index (χ2n) is 4.58. The number of carbonyl (C=O) groups excluding carboxylic acids is 2. The molecule has 0 bridgehead atoms. The summed E-state index contributed by atoms with van der Waals surface area (Å²) in [7, 11) is 0. The number of benzene rings is 2. The first-order valence-corrected chi connectivity index (χ1v) is 6.54. The maximum Gasteiger partial charge on any atom is 0.272 e. The van der Waals surface area contributed by atoms with Gasteiger partial charge in [-0.1, -0.05) is 24.3 Å². The molecule has 0 aliphatic carbocycles. The Kier molecular flexibility index (Phi) is 4.98. The summed E-state index contributed by atoms with van der Waals surface area (Å²) >= 11 is 0. The van der Waals surface area contributed by atoms with E-state index in [9.17, 15) is 24.1 Å². The first-order chi connectivity index (χ1) is 11.0. The van der Waals surface area contributed by atoms with Crippen LogP contribution >= 0.6 is 0 Å². The average molecular weight is 317 g/mol. The number of nitrogens with zero attached hydrogens (tertiary/aromatic N) is 1. The monoisotopic (exact) mass is 317 g/mol. The topological polar surface area (TPSA) is 101 Å². The standard InChI is InChI=1S/C15H12FN3O4/c16-13-4-2-1-3-12(13)15(21)18-17-14(20)9-10-5-7-11(8-6-10)19(22)23/h1-8H,9H2,(H,17,20)(H,18,21). The predicted octanol–water partition coefficient (Wildman–Crippen LogP) is 1.74. The number of nitro groups is 1. The third-order valence-corrected chi connectivity index (χ3v) is 2.95. The molecule has 0 heterocycles. The number of non-ortho nitro benzene ring substituents is 1. The van der Waals surface area contributed by atoms with Gasteiger partial charge in [-0.3, -0.25) is 30.6 Å². The molecule has 0 atom stereocenters. The van der Waals surface area contributed by atoms with Gasteiger partial charge in [0.2, 0.25) is 5.91 Å². The first kappa shape index (κ1) is 16.1. The normalized spacial score (nSPS) is 9.96. The molecule has 0 fully saturated rings. The van der Waals surface area contributed by atoms with Crippen LogP contribution in [0.15, 0.2) is 48.5 Å². The maximum absolute atomic E-state index is 13.4. The fourth-order valence-electron chi connectivity index (χ4n) is 1.80. The lowest BCUT2D eigenvalue weighted by Gasteiger charge is -2.08.